The number of carbonyl (C=O) groups excluding carboxylic acids is 1. The summed E-state index contributed by atoms with van der Waals surface area (Å²) in [6, 6.07) is 13.5. The van der Waals surface area contributed by atoms with Gasteiger partial charge in [0.1, 0.15) is 17.8 Å². The van der Waals surface area contributed by atoms with Gasteiger partial charge in [-0.25, -0.2) is 4.79 Å². The highest BCUT2D eigenvalue weighted by Gasteiger charge is 2.40. The van der Waals surface area contributed by atoms with Crippen molar-refractivity contribution in [2.24, 2.45) is 0 Å². The molecule has 0 aliphatic carbocycles. The number of hydrogen-bond acceptors (Lipinski definition) is 4. The van der Waals surface area contributed by atoms with E-state index in [4.69, 9.17) is 9.47 Å². The fourth-order valence-corrected chi connectivity index (χ4v) is 2.68. The molecule has 0 radical (unpaired) electrons. The average Bonchev–Trinajstić information content (AvgIpc) is 2.54. The first-order chi connectivity index (χ1) is 10.6. The molecule has 0 saturated carbocycles. The second-order valence-electron chi connectivity index (χ2n) is 5.00. The lowest BCUT2D eigenvalue weighted by Gasteiger charge is -2.30. The third kappa shape index (κ3) is 2.30. The molecule has 22 heavy (non-hydrogen) atoms. The van der Waals surface area contributed by atoms with Gasteiger partial charge in [-0.3, -0.25) is 4.79 Å². The fraction of sp³-hybridized carbons (Fsp3) is 0.176. The Morgan fingerprint density at radius 1 is 1.14 bits per heavy atom. The lowest BCUT2D eigenvalue weighted by atomic mass is 9.84. The van der Waals surface area contributed by atoms with E-state index in [2.05, 4.69) is 0 Å². The number of cyclic esters (lactones) is 1. The summed E-state index contributed by atoms with van der Waals surface area (Å²) in [5.74, 6) is -1.81. The summed E-state index contributed by atoms with van der Waals surface area (Å²) in [4.78, 5) is 23.8. The zero-order chi connectivity index (χ0) is 15.7. The second-order valence-corrected chi connectivity index (χ2v) is 5.00. The van der Waals surface area contributed by atoms with Gasteiger partial charge in [0.15, 0.2) is 0 Å². The number of carboxylic acid groups (broad SMARTS) is 1. The van der Waals surface area contributed by atoms with Crippen LogP contribution < -0.4 is 4.74 Å². The quantitative estimate of drug-likeness (QED) is 0.882. The van der Waals surface area contributed by atoms with Crippen molar-refractivity contribution in [1.29, 1.82) is 0 Å². The topological polar surface area (TPSA) is 72.8 Å². The van der Waals surface area contributed by atoms with Crippen LogP contribution in [0.3, 0.4) is 0 Å². The SMILES string of the molecule is COc1ccc([C@H]2OC(=O)c3ccccc3[C@@H]2C(=O)O)cc1. The summed E-state index contributed by atoms with van der Waals surface area (Å²) in [5.41, 5.74) is 1.41. The molecular weight excluding hydrogens is 284 g/mol. The van der Waals surface area contributed by atoms with E-state index >= 15 is 0 Å². The van der Waals surface area contributed by atoms with E-state index in [0.29, 0.717) is 22.4 Å². The molecule has 0 aromatic heterocycles. The Bertz CT molecular complexity index is 720. The molecule has 112 valence electrons. The number of carboxylic acids is 1. The van der Waals surface area contributed by atoms with Crippen LogP contribution in [0.1, 0.15) is 33.5 Å². The second kappa shape index (κ2) is 5.52. The standard InChI is InChI=1S/C17H14O5/c1-21-11-8-6-10(7-9-11)15-14(16(18)19)12-4-2-3-5-13(12)17(20)22-15/h2-9,14-15H,1H3,(H,18,19)/t14-,15+/m0/s1. The summed E-state index contributed by atoms with van der Waals surface area (Å²) >= 11 is 0. The molecule has 5 heteroatoms. The van der Waals surface area contributed by atoms with E-state index < -0.39 is 24.0 Å². The van der Waals surface area contributed by atoms with Gasteiger partial charge < -0.3 is 14.6 Å². The Balaban J connectivity index is 2.07. The number of benzene rings is 2. The van der Waals surface area contributed by atoms with Crippen molar-refractivity contribution in [3.8, 4) is 5.75 Å². The van der Waals surface area contributed by atoms with E-state index in [0.717, 1.165) is 0 Å². The van der Waals surface area contributed by atoms with Crippen LogP contribution in [-0.2, 0) is 9.53 Å². The minimum atomic E-state index is -1.03. The zero-order valence-electron chi connectivity index (χ0n) is 11.9. The highest BCUT2D eigenvalue weighted by Crippen LogP contribution is 2.41. The number of methoxy groups -OCH3 is 1. The number of aliphatic carboxylic acids is 1. The molecular formula is C17H14O5. The number of esters is 1. The maximum Gasteiger partial charge on any atom is 0.339 e. The van der Waals surface area contributed by atoms with E-state index in [1.54, 1.807) is 55.6 Å². The van der Waals surface area contributed by atoms with Gasteiger partial charge in [0, 0.05) is 0 Å². The predicted octanol–water partition coefficient (Wildman–Crippen LogP) is 2.78. The summed E-state index contributed by atoms with van der Waals surface area (Å²) < 4.78 is 10.5. The third-order valence-electron chi connectivity index (χ3n) is 3.76. The van der Waals surface area contributed by atoms with Crippen molar-refractivity contribution < 1.29 is 24.2 Å². The first-order valence-electron chi connectivity index (χ1n) is 6.78. The van der Waals surface area contributed by atoms with E-state index in [9.17, 15) is 14.7 Å². The number of ether oxygens (including phenoxy) is 2. The minimum Gasteiger partial charge on any atom is -0.497 e. The Labute approximate surface area is 127 Å². The molecule has 0 bridgehead atoms. The van der Waals surface area contributed by atoms with E-state index in [1.165, 1.54) is 0 Å². The molecule has 2 atom stereocenters. The largest absolute Gasteiger partial charge is 0.497 e. The van der Waals surface area contributed by atoms with Crippen LogP contribution in [0.15, 0.2) is 48.5 Å². The molecule has 0 spiro atoms. The fourth-order valence-electron chi connectivity index (χ4n) is 2.68. The van der Waals surface area contributed by atoms with Crippen molar-refractivity contribution in [3.05, 3.63) is 65.2 Å². The maximum absolute atomic E-state index is 12.1. The minimum absolute atomic E-state index is 0.305. The van der Waals surface area contributed by atoms with E-state index in [-0.39, 0.29) is 0 Å². The van der Waals surface area contributed by atoms with Crippen LogP contribution in [0.25, 0.3) is 0 Å². The van der Waals surface area contributed by atoms with Gasteiger partial charge in [-0.1, -0.05) is 30.3 Å². The number of hydrogen-bond donors (Lipinski definition) is 1. The normalized spacial score (nSPS) is 20.0. The molecule has 1 heterocycles. The van der Waals surface area contributed by atoms with Crippen LogP contribution in [0.2, 0.25) is 0 Å². The highest BCUT2D eigenvalue weighted by molar-refractivity contribution is 5.96. The molecule has 0 fully saturated rings. The molecule has 1 N–H and O–H groups in total. The van der Waals surface area contributed by atoms with Gasteiger partial charge in [0.25, 0.3) is 0 Å². The smallest absolute Gasteiger partial charge is 0.339 e. The molecule has 3 rings (SSSR count). The Kier molecular flexibility index (Phi) is 3.55. The van der Waals surface area contributed by atoms with Crippen LogP contribution in [0, 0.1) is 0 Å². The number of carbonyl (C=O) groups is 2. The van der Waals surface area contributed by atoms with Gasteiger partial charge in [0.05, 0.1) is 12.7 Å². The van der Waals surface area contributed by atoms with Gasteiger partial charge >= 0.3 is 11.9 Å². The van der Waals surface area contributed by atoms with Crippen molar-refractivity contribution in [2.45, 2.75) is 12.0 Å². The van der Waals surface area contributed by atoms with Crippen LogP contribution in [0.4, 0.5) is 0 Å². The van der Waals surface area contributed by atoms with Crippen molar-refractivity contribution in [1.82, 2.24) is 0 Å². The van der Waals surface area contributed by atoms with Gasteiger partial charge in [-0.05, 0) is 29.3 Å². The third-order valence-corrected chi connectivity index (χ3v) is 3.76. The Morgan fingerprint density at radius 3 is 2.45 bits per heavy atom. The first kappa shape index (κ1) is 14.1. The lowest BCUT2D eigenvalue weighted by molar-refractivity contribution is -0.142. The molecule has 0 saturated heterocycles. The van der Waals surface area contributed by atoms with E-state index in [1.807, 2.05) is 0 Å². The Hall–Kier alpha value is -2.82. The summed E-state index contributed by atoms with van der Waals surface area (Å²) in [6.45, 7) is 0. The van der Waals surface area contributed by atoms with Gasteiger partial charge in [-0.2, -0.15) is 0 Å². The van der Waals surface area contributed by atoms with Crippen LogP contribution in [-0.4, -0.2) is 24.2 Å². The van der Waals surface area contributed by atoms with Gasteiger partial charge in [0.2, 0.25) is 0 Å². The Morgan fingerprint density at radius 2 is 1.82 bits per heavy atom. The van der Waals surface area contributed by atoms with Crippen LogP contribution >= 0.6 is 0 Å². The maximum atomic E-state index is 12.1. The monoisotopic (exact) mass is 298 g/mol. The predicted molar refractivity (Wildman–Crippen MR) is 78.0 cm³/mol. The molecule has 0 amide bonds. The average molecular weight is 298 g/mol. The molecule has 0 unspecified atom stereocenters. The van der Waals surface area contributed by atoms with Crippen molar-refractivity contribution >= 4 is 11.9 Å². The summed E-state index contributed by atoms with van der Waals surface area (Å²) in [6.07, 6.45) is -0.856. The summed E-state index contributed by atoms with van der Waals surface area (Å²) in [7, 11) is 1.55. The highest BCUT2D eigenvalue weighted by atomic mass is 16.5. The van der Waals surface area contributed by atoms with Gasteiger partial charge in [-0.15, -0.1) is 0 Å². The van der Waals surface area contributed by atoms with Crippen molar-refractivity contribution in [3.63, 3.8) is 0 Å². The molecule has 1 aliphatic heterocycles. The summed E-state index contributed by atoms with van der Waals surface area (Å²) in [5, 5.41) is 9.59. The molecule has 2 aromatic rings. The van der Waals surface area contributed by atoms with Crippen molar-refractivity contribution in [2.75, 3.05) is 7.11 Å². The zero-order valence-corrected chi connectivity index (χ0v) is 11.9. The number of fused-ring (bicyclic) bond motifs is 1. The molecule has 1 aliphatic rings. The number of rotatable bonds is 3. The first-order valence-corrected chi connectivity index (χ1v) is 6.78. The molecule has 5 nitrogen and oxygen atoms in total. The van der Waals surface area contributed by atoms with Crippen LogP contribution in [0.5, 0.6) is 5.75 Å². The molecule has 2 aromatic carbocycles. The lowest BCUT2D eigenvalue weighted by Crippen LogP contribution is -2.31.